The molecule has 0 radical (unpaired) electrons. The number of primary amides is 1. The number of benzene rings is 1. The van der Waals surface area contributed by atoms with Crippen LogP contribution in [0, 0.1) is 6.92 Å². The standard InChI is InChI=1S/C31H52N4O5/c1-7-9-11-12-13-15-21-35(29(38)25(22-26(32)36)34-30(39)40-31(4,5)6)27(24-18-16-23(3)17-19-24)28(37)33-20-14-10-8-2/h16-19,25,27H,7-15,20-22H2,1-6H3,(H2,32,36)(H,33,37)(H,34,39). The number of carbonyl (C=O) groups is 4. The summed E-state index contributed by atoms with van der Waals surface area (Å²) in [6, 6.07) is 5.30. The molecular weight excluding hydrogens is 508 g/mol. The lowest BCUT2D eigenvalue weighted by molar-refractivity contribution is -0.143. The molecule has 0 bridgehead atoms. The van der Waals surface area contributed by atoms with Crippen molar-refractivity contribution in [2.45, 2.75) is 123 Å². The highest BCUT2D eigenvalue weighted by Gasteiger charge is 2.36. The number of hydrogen-bond donors (Lipinski definition) is 3. The Kier molecular flexibility index (Phi) is 16.0. The van der Waals surface area contributed by atoms with Gasteiger partial charge in [-0.15, -0.1) is 0 Å². The molecule has 226 valence electrons. The number of carbonyl (C=O) groups excluding carboxylic acids is 4. The lowest BCUT2D eigenvalue weighted by Crippen LogP contribution is -2.54. The molecule has 0 aliphatic rings. The monoisotopic (exact) mass is 560 g/mol. The Bertz CT molecular complexity index is 927. The van der Waals surface area contributed by atoms with Gasteiger partial charge in [-0.2, -0.15) is 0 Å². The molecule has 2 unspecified atom stereocenters. The van der Waals surface area contributed by atoms with Gasteiger partial charge in [0.2, 0.25) is 17.7 Å². The summed E-state index contributed by atoms with van der Waals surface area (Å²) in [5, 5.41) is 5.53. The molecule has 1 aromatic rings. The fourth-order valence-electron chi connectivity index (χ4n) is 4.39. The van der Waals surface area contributed by atoms with Crippen molar-refractivity contribution in [3.8, 4) is 0 Å². The summed E-state index contributed by atoms with van der Waals surface area (Å²) >= 11 is 0. The quantitative estimate of drug-likeness (QED) is 0.210. The van der Waals surface area contributed by atoms with Gasteiger partial charge in [-0.05, 0) is 46.1 Å². The molecule has 1 aromatic carbocycles. The van der Waals surface area contributed by atoms with Crippen LogP contribution >= 0.6 is 0 Å². The second-order valence-electron chi connectivity index (χ2n) is 11.5. The van der Waals surface area contributed by atoms with Crippen molar-refractivity contribution >= 4 is 23.8 Å². The van der Waals surface area contributed by atoms with Crippen molar-refractivity contribution in [3.63, 3.8) is 0 Å². The number of ether oxygens (including phenoxy) is 1. The number of hydrogen-bond acceptors (Lipinski definition) is 5. The molecule has 40 heavy (non-hydrogen) atoms. The van der Waals surface area contributed by atoms with Crippen LogP contribution < -0.4 is 16.4 Å². The van der Waals surface area contributed by atoms with Crippen molar-refractivity contribution in [3.05, 3.63) is 35.4 Å². The van der Waals surface area contributed by atoms with Gasteiger partial charge in [0.1, 0.15) is 17.7 Å². The van der Waals surface area contributed by atoms with Gasteiger partial charge >= 0.3 is 6.09 Å². The second-order valence-corrected chi connectivity index (χ2v) is 11.5. The molecule has 0 fully saturated rings. The van der Waals surface area contributed by atoms with Crippen molar-refractivity contribution < 1.29 is 23.9 Å². The molecular formula is C31H52N4O5. The Morgan fingerprint density at radius 3 is 2.05 bits per heavy atom. The maximum atomic E-state index is 14.1. The first kappa shape index (κ1) is 34.9. The smallest absolute Gasteiger partial charge is 0.408 e. The molecule has 0 spiro atoms. The van der Waals surface area contributed by atoms with Gasteiger partial charge in [0.15, 0.2) is 0 Å². The SMILES string of the molecule is CCCCCCCCN(C(=O)C(CC(N)=O)NC(=O)OC(C)(C)C)C(C(=O)NCCCCC)c1ccc(C)cc1. The van der Waals surface area contributed by atoms with Crippen molar-refractivity contribution in [1.82, 2.24) is 15.5 Å². The molecule has 9 nitrogen and oxygen atoms in total. The zero-order valence-electron chi connectivity index (χ0n) is 25.5. The number of nitrogens with zero attached hydrogens (tertiary/aromatic N) is 1. The highest BCUT2D eigenvalue weighted by Crippen LogP contribution is 2.25. The maximum absolute atomic E-state index is 14.1. The number of rotatable bonds is 18. The van der Waals surface area contributed by atoms with Crippen LogP contribution in [0.1, 0.15) is 116 Å². The van der Waals surface area contributed by atoms with Gasteiger partial charge in [-0.25, -0.2) is 4.79 Å². The van der Waals surface area contributed by atoms with Crippen molar-refractivity contribution in [1.29, 1.82) is 0 Å². The maximum Gasteiger partial charge on any atom is 0.408 e. The third kappa shape index (κ3) is 13.8. The third-order valence-corrected chi connectivity index (χ3v) is 6.46. The first-order chi connectivity index (χ1) is 18.9. The molecule has 4 N–H and O–H groups in total. The van der Waals surface area contributed by atoms with Crippen LogP contribution in [0.3, 0.4) is 0 Å². The predicted octanol–water partition coefficient (Wildman–Crippen LogP) is 5.30. The molecule has 0 aliphatic heterocycles. The molecule has 0 saturated carbocycles. The number of amides is 4. The number of aryl methyl sites for hydroxylation is 1. The molecule has 4 amide bonds. The van der Waals surface area contributed by atoms with Crippen LogP contribution in [0.4, 0.5) is 4.79 Å². The zero-order valence-corrected chi connectivity index (χ0v) is 25.5. The zero-order chi connectivity index (χ0) is 30.1. The highest BCUT2D eigenvalue weighted by molar-refractivity contribution is 5.94. The van der Waals surface area contributed by atoms with E-state index in [1.165, 1.54) is 4.90 Å². The van der Waals surface area contributed by atoms with Gasteiger partial charge < -0.3 is 26.0 Å². The minimum absolute atomic E-state index is 0.289. The number of nitrogens with one attached hydrogen (secondary N) is 2. The normalized spacial score (nSPS) is 12.8. The molecule has 9 heteroatoms. The van der Waals surface area contributed by atoms with Gasteiger partial charge in [-0.3, -0.25) is 14.4 Å². The Morgan fingerprint density at radius 1 is 0.900 bits per heavy atom. The minimum Gasteiger partial charge on any atom is -0.444 e. The van der Waals surface area contributed by atoms with E-state index < -0.39 is 42.0 Å². The lowest BCUT2D eigenvalue weighted by Gasteiger charge is -2.34. The van der Waals surface area contributed by atoms with E-state index in [2.05, 4.69) is 24.5 Å². The fraction of sp³-hybridized carbons (Fsp3) is 0.677. The summed E-state index contributed by atoms with van der Waals surface area (Å²) in [5.41, 5.74) is 6.36. The summed E-state index contributed by atoms with van der Waals surface area (Å²) in [6.45, 7) is 12.1. The summed E-state index contributed by atoms with van der Waals surface area (Å²) < 4.78 is 5.35. The van der Waals surface area contributed by atoms with E-state index in [1.807, 2.05) is 31.2 Å². The van der Waals surface area contributed by atoms with Crippen LogP contribution in [0.5, 0.6) is 0 Å². The van der Waals surface area contributed by atoms with E-state index in [9.17, 15) is 19.2 Å². The first-order valence-corrected chi connectivity index (χ1v) is 14.8. The summed E-state index contributed by atoms with van der Waals surface area (Å²) in [6.07, 6.45) is 7.56. The minimum atomic E-state index is -1.27. The Labute approximate surface area is 241 Å². The second kappa shape index (κ2) is 18.3. The number of nitrogens with two attached hydrogens (primary N) is 1. The van der Waals surface area contributed by atoms with Crippen LogP contribution in [0.15, 0.2) is 24.3 Å². The highest BCUT2D eigenvalue weighted by atomic mass is 16.6. The summed E-state index contributed by atoms with van der Waals surface area (Å²) in [4.78, 5) is 53.8. The molecule has 1 rings (SSSR count). The van der Waals surface area contributed by atoms with Gasteiger partial charge in [-0.1, -0.05) is 88.6 Å². The van der Waals surface area contributed by atoms with Crippen LogP contribution in [0.2, 0.25) is 0 Å². The summed E-state index contributed by atoms with van der Waals surface area (Å²) in [7, 11) is 0. The third-order valence-electron chi connectivity index (χ3n) is 6.46. The number of unbranched alkanes of at least 4 members (excludes halogenated alkanes) is 7. The average Bonchev–Trinajstić information content (AvgIpc) is 2.86. The molecule has 0 saturated heterocycles. The molecule has 0 heterocycles. The summed E-state index contributed by atoms with van der Waals surface area (Å²) in [5.74, 6) is -1.59. The van der Waals surface area contributed by atoms with Gasteiger partial charge in [0.25, 0.3) is 0 Å². The van der Waals surface area contributed by atoms with E-state index in [4.69, 9.17) is 10.5 Å². The molecule has 0 aromatic heterocycles. The molecule has 2 atom stereocenters. The van der Waals surface area contributed by atoms with E-state index in [1.54, 1.807) is 20.8 Å². The van der Waals surface area contributed by atoms with E-state index >= 15 is 0 Å². The first-order valence-electron chi connectivity index (χ1n) is 14.8. The molecule has 0 aliphatic carbocycles. The van der Waals surface area contributed by atoms with Gasteiger partial charge in [0, 0.05) is 13.1 Å². The van der Waals surface area contributed by atoms with Gasteiger partial charge in [0.05, 0.1) is 6.42 Å². The van der Waals surface area contributed by atoms with E-state index in [0.29, 0.717) is 18.5 Å². The number of alkyl carbamates (subject to hydrolysis) is 1. The Hall–Kier alpha value is -3.10. The van der Waals surface area contributed by atoms with Crippen LogP contribution in [0.25, 0.3) is 0 Å². The van der Waals surface area contributed by atoms with Crippen LogP contribution in [-0.4, -0.2) is 53.4 Å². The average molecular weight is 561 g/mol. The van der Waals surface area contributed by atoms with Crippen LogP contribution in [-0.2, 0) is 19.1 Å². The van der Waals surface area contributed by atoms with Crippen molar-refractivity contribution in [2.75, 3.05) is 13.1 Å². The van der Waals surface area contributed by atoms with E-state index in [-0.39, 0.29) is 12.5 Å². The van der Waals surface area contributed by atoms with E-state index in [0.717, 1.165) is 56.9 Å². The Balaban J connectivity index is 3.39. The van der Waals surface area contributed by atoms with Crippen molar-refractivity contribution in [2.24, 2.45) is 5.73 Å². The topological polar surface area (TPSA) is 131 Å². The lowest BCUT2D eigenvalue weighted by atomic mass is 10.00. The Morgan fingerprint density at radius 2 is 1.48 bits per heavy atom. The fourth-order valence-corrected chi connectivity index (χ4v) is 4.39. The predicted molar refractivity (Wildman–Crippen MR) is 159 cm³/mol. The largest absolute Gasteiger partial charge is 0.444 e.